The number of para-hydroxylation sites is 1. The molecule has 1 aromatic carbocycles. The molecule has 0 spiro atoms. The molecule has 0 saturated heterocycles. The summed E-state index contributed by atoms with van der Waals surface area (Å²) < 4.78 is 0. The van der Waals surface area contributed by atoms with E-state index >= 15 is 0 Å². The van der Waals surface area contributed by atoms with Gasteiger partial charge >= 0.3 is 0 Å². The second-order valence-corrected chi connectivity index (χ2v) is 3.94. The molecule has 0 saturated carbocycles. The predicted octanol–water partition coefficient (Wildman–Crippen LogP) is 2.18. The molecule has 0 bridgehead atoms. The van der Waals surface area contributed by atoms with Gasteiger partial charge in [0, 0.05) is 22.9 Å². The van der Waals surface area contributed by atoms with Crippen molar-refractivity contribution in [1.82, 2.24) is 4.98 Å². The van der Waals surface area contributed by atoms with E-state index in [1.165, 1.54) is 0 Å². The number of hydrogen-bond acceptors (Lipinski definition) is 2. The number of aliphatic hydroxyl groups is 1. The molecular formula is C12H11NO2. The summed E-state index contributed by atoms with van der Waals surface area (Å²) in [5.41, 5.74) is 2.30. The first-order valence-corrected chi connectivity index (χ1v) is 5.09. The van der Waals surface area contributed by atoms with Crippen LogP contribution in [0.2, 0.25) is 0 Å². The summed E-state index contributed by atoms with van der Waals surface area (Å²) in [4.78, 5) is 14.9. The van der Waals surface area contributed by atoms with Crippen LogP contribution in [0.4, 0.5) is 0 Å². The molecule has 0 radical (unpaired) electrons. The summed E-state index contributed by atoms with van der Waals surface area (Å²) in [6.45, 7) is 0. The molecule has 15 heavy (non-hydrogen) atoms. The minimum absolute atomic E-state index is 0.132. The minimum atomic E-state index is -0.523. The number of hydrogen-bond donors (Lipinski definition) is 2. The predicted molar refractivity (Wildman–Crippen MR) is 56.8 cm³/mol. The Morgan fingerprint density at radius 2 is 2.13 bits per heavy atom. The van der Waals surface area contributed by atoms with Gasteiger partial charge in [-0.2, -0.15) is 0 Å². The van der Waals surface area contributed by atoms with Crippen LogP contribution >= 0.6 is 0 Å². The molecule has 1 atom stereocenters. The maximum Gasteiger partial charge on any atom is 0.165 e. The fraction of sp³-hybridized carbons (Fsp3) is 0.250. The highest BCUT2D eigenvalue weighted by atomic mass is 16.3. The van der Waals surface area contributed by atoms with Gasteiger partial charge in [0.1, 0.15) is 0 Å². The second kappa shape index (κ2) is 2.94. The topological polar surface area (TPSA) is 53.1 Å². The highest BCUT2D eigenvalue weighted by molar-refractivity contribution is 6.10. The van der Waals surface area contributed by atoms with Crippen LogP contribution in [0.1, 0.15) is 35.0 Å². The van der Waals surface area contributed by atoms with Gasteiger partial charge in [-0.15, -0.1) is 0 Å². The molecule has 1 aromatic heterocycles. The van der Waals surface area contributed by atoms with E-state index in [9.17, 15) is 9.90 Å². The van der Waals surface area contributed by atoms with Crippen molar-refractivity contribution in [3.63, 3.8) is 0 Å². The molecule has 2 aromatic rings. The number of nitrogens with one attached hydrogen (secondary N) is 1. The maximum atomic E-state index is 11.8. The third-order valence-corrected chi connectivity index (χ3v) is 2.99. The van der Waals surface area contributed by atoms with Gasteiger partial charge in [-0.3, -0.25) is 4.79 Å². The van der Waals surface area contributed by atoms with Crippen molar-refractivity contribution in [3.05, 3.63) is 35.5 Å². The van der Waals surface area contributed by atoms with Crippen LogP contribution in [-0.2, 0) is 0 Å². The van der Waals surface area contributed by atoms with Gasteiger partial charge in [-0.05, 0) is 12.5 Å². The van der Waals surface area contributed by atoms with E-state index in [0.717, 1.165) is 10.9 Å². The van der Waals surface area contributed by atoms with Gasteiger partial charge in [-0.1, -0.05) is 18.2 Å². The van der Waals surface area contributed by atoms with E-state index in [4.69, 9.17) is 0 Å². The fourth-order valence-electron chi connectivity index (χ4n) is 2.25. The number of carbonyl (C=O) groups excluding carboxylic acids is 1. The first-order valence-electron chi connectivity index (χ1n) is 5.09. The average molecular weight is 201 g/mol. The number of rotatable bonds is 0. The zero-order chi connectivity index (χ0) is 10.4. The van der Waals surface area contributed by atoms with Crippen molar-refractivity contribution in [2.75, 3.05) is 0 Å². The normalized spacial score (nSPS) is 20.6. The van der Waals surface area contributed by atoms with Crippen molar-refractivity contribution in [2.45, 2.75) is 18.9 Å². The van der Waals surface area contributed by atoms with Crippen LogP contribution in [0.5, 0.6) is 0 Å². The smallest absolute Gasteiger partial charge is 0.165 e. The van der Waals surface area contributed by atoms with Crippen molar-refractivity contribution < 1.29 is 9.90 Å². The lowest BCUT2D eigenvalue weighted by molar-refractivity contribution is 0.0895. The van der Waals surface area contributed by atoms with E-state index in [1.54, 1.807) is 0 Å². The van der Waals surface area contributed by atoms with Crippen molar-refractivity contribution in [1.29, 1.82) is 0 Å². The first-order chi connectivity index (χ1) is 7.27. The van der Waals surface area contributed by atoms with Crippen molar-refractivity contribution in [2.24, 2.45) is 0 Å². The fourth-order valence-corrected chi connectivity index (χ4v) is 2.25. The van der Waals surface area contributed by atoms with E-state index in [0.29, 0.717) is 24.1 Å². The Bertz CT molecular complexity index is 542. The molecule has 0 amide bonds. The second-order valence-electron chi connectivity index (χ2n) is 3.94. The van der Waals surface area contributed by atoms with Gasteiger partial charge in [0.05, 0.1) is 11.8 Å². The summed E-state index contributed by atoms with van der Waals surface area (Å²) in [6.07, 6.45) is 0.444. The van der Waals surface area contributed by atoms with Gasteiger partial charge in [0.25, 0.3) is 0 Å². The summed E-state index contributed by atoms with van der Waals surface area (Å²) in [5, 5.41) is 10.7. The molecule has 1 aliphatic rings. The van der Waals surface area contributed by atoms with Gasteiger partial charge in [0.15, 0.2) is 5.78 Å². The third-order valence-electron chi connectivity index (χ3n) is 2.99. The van der Waals surface area contributed by atoms with Crippen molar-refractivity contribution in [3.8, 4) is 0 Å². The summed E-state index contributed by atoms with van der Waals surface area (Å²) >= 11 is 0. The zero-order valence-electron chi connectivity index (χ0n) is 8.16. The van der Waals surface area contributed by atoms with E-state index < -0.39 is 6.10 Å². The number of aromatic nitrogens is 1. The third kappa shape index (κ3) is 1.13. The SMILES string of the molecule is O=C1CCC(O)c2[nH]c3ccccc3c21. The van der Waals surface area contributed by atoms with Gasteiger partial charge < -0.3 is 10.1 Å². The first kappa shape index (κ1) is 8.68. The monoisotopic (exact) mass is 201 g/mol. The molecular weight excluding hydrogens is 190 g/mol. The summed E-state index contributed by atoms with van der Waals surface area (Å²) in [7, 11) is 0. The van der Waals surface area contributed by atoms with E-state index in [2.05, 4.69) is 4.98 Å². The maximum absolute atomic E-state index is 11.8. The number of Topliss-reactive ketones (excluding diaryl/α,β-unsaturated/α-hetero) is 1. The number of carbonyl (C=O) groups is 1. The quantitative estimate of drug-likeness (QED) is 0.686. The molecule has 1 aliphatic carbocycles. The molecule has 0 aliphatic heterocycles. The number of aromatic amines is 1. The highest BCUT2D eigenvalue weighted by Gasteiger charge is 2.27. The van der Waals surface area contributed by atoms with Crippen LogP contribution < -0.4 is 0 Å². The van der Waals surface area contributed by atoms with Gasteiger partial charge in [0.2, 0.25) is 0 Å². The van der Waals surface area contributed by atoms with E-state index in [1.807, 2.05) is 24.3 Å². The Hall–Kier alpha value is -1.61. The lowest BCUT2D eigenvalue weighted by Crippen LogP contribution is -2.14. The molecule has 1 heterocycles. The lowest BCUT2D eigenvalue weighted by Gasteiger charge is -2.16. The molecule has 0 fully saturated rings. The van der Waals surface area contributed by atoms with Crippen LogP contribution in [-0.4, -0.2) is 15.9 Å². The zero-order valence-corrected chi connectivity index (χ0v) is 8.16. The summed E-state index contributed by atoms with van der Waals surface area (Å²) in [6, 6.07) is 7.67. The summed E-state index contributed by atoms with van der Waals surface area (Å²) in [5.74, 6) is 0.132. The number of fused-ring (bicyclic) bond motifs is 3. The highest BCUT2D eigenvalue weighted by Crippen LogP contribution is 2.34. The minimum Gasteiger partial charge on any atom is -0.387 e. The van der Waals surface area contributed by atoms with Crippen molar-refractivity contribution >= 4 is 16.7 Å². The molecule has 2 N–H and O–H groups in total. The molecule has 3 nitrogen and oxygen atoms in total. The Balaban J connectivity index is 2.39. The van der Waals surface area contributed by atoms with Crippen LogP contribution in [0.3, 0.4) is 0 Å². The Kier molecular flexibility index (Phi) is 1.70. The average Bonchev–Trinajstić information content (AvgIpc) is 2.64. The Morgan fingerprint density at radius 3 is 3.00 bits per heavy atom. The lowest BCUT2D eigenvalue weighted by atomic mass is 9.92. The molecule has 3 heteroatoms. The molecule has 1 unspecified atom stereocenters. The number of aliphatic hydroxyl groups excluding tert-OH is 1. The van der Waals surface area contributed by atoms with E-state index in [-0.39, 0.29) is 5.78 Å². The number of ketones is 1. The molecule has 3 rings (SSSR count). The van der Waals surface area contributed by atoms with Crippen LogP contribution in [0, 0.1) is 0 Å². The number of H-pyrrole nitrogens is 1. The van der Waals surface area contributed by atoms with Gasteiger partial charge in [-0.25, -0.2) is 0 Å². The van der Waals surface area contributed by atoms with Crippen LogP contribution in [0.25, 0.3) is 10.9 Å². The molecule has 76 valence electrons. The largest absolute Gasteiger partial charge is 0.387 e. The number of benzene rings is 1. The van der Waals surface area contributed by atoms with Crippen LogP contribution in [0.15, 0.2) is 24.3 Å². The Labute approximate surface area is 86.7 Å². The Morgan fingerprint density at radius 1 is 1.33 bits per heavy atom. The standard InChI is InChI=1S/C12H11NO2/c14-9-5-6-10(15)12-11(9)7-3-1-2-4-8(7)13-12/h1-4,10,13,15H,5-6H2.